The standard InChI is InChI=1S/C12H14N2O6/c15-8-3-1-2-4-9(8)20-7-11(17)13-5-10(16)14-6-12(18)19/h1-4,15H,5-7H2,(H,13,17)(H,14,16)(H,18,19). The molecule has 0 radical (unpaired) electrons. The number of benzene rings is 1. The van der Waals surface area contributed by atoms with Crippen LogP contribution in [-0.4, -0.2) is 47.7 Å². The molecule has 8 heteroatoms. The van der Waals surface area contributed by atoms with Gasteiger partial charge < -0.3 is 25.6 Å². The van der Waals surface area contributed by atoms with Crippen molar-refractivity contribution < 1.29 is 29.3 Å². The summed E-state index contributed by atoms with van der Waals surface area (Å²) in [6.07, 6.45) is 0. The molecule has 0 aliphatic heterocycles. The number of carbonyl (C=O) groups excluding carboxylic acids is 2. The molecule has 0 aliphatic rings. The van der Waals surface area contributed by atoms with E-state index in [9.17, 15) is 19.5 Å². The summed E-state index contributed by atoms with van der Waals surface area (Å²) in [6.45, 7) is -1.23. The van der Waals surface area contributed by atoms with Crippen molar-refractivity contribution in [2.75, 3.05) is 19.7 Å². The molecule has 1 rings (SSSR count). The molecule has 0 saturated carbocycles. The number of amides is 2. The summed E-state index contributed by atoms with van der Waals surface area (Å²) in [6, 6.07) is 6.14. The molecule has 1 aromatic carbocycles. The van der Waals surface area contributed by atoms with Crippen LogP contribution in [0, 0.1) is 0 Å². The van der Waals surface area contributed by atoms with Crippen molar-refractivity contribution in [2.24, 2.45) is 0 Å². The molecule has 0 bridgehead atoms. The van der Waals surface area contributed by atoms with Crippen molar-refractivity contribution in [3.8, 4) is 11.5 Å². The Hall–Kier alpha value is -2.77. The lowest BCUT2D eigenvalue weighted by atomic mass is 10.3. The van der Waals surface area contributed by atoms with Gasteiger partial charge in [-0.15, -0.1) is 0 Å². The number of rotatable bonds is 7. The van der Waals surface area contributed by atoms with E-state index in [2.05, 4.69) is 10.6 Å². The van der Waals surface area contributed by atoms with Gasteiger partial charge >= 0.3 is 5.97 Å². The second-order valence-electron chi connectivity index (χ2n) is 3.70. The molecule has 4 N–H and O–H groups in total. The van der Waals surface area contributed by atoms with Gasteiger partial charge in [0.25, 0.3) is 5.91 Å². The van der Waals surface area contributed by atoms with E-state index in [0.29, 0.717) is 0 Å². The highest BCUT2D eigenvalue weighted by Crippen LogP contribution is 2.23. The summed E-state index contributed by atoms with van der Waals surface area (Å²) in [5, 5.41) is 22.0. The minimum absolute atomic E-state index is 0.0977. The van der Waals surface area contributed by atoms with E-state index in [4.69, 9.17) is 9.84 Å². The number of phenolic OH excluding ortho intramolecular Hbond substituents is 1. The van der Waals surface area contributed by atoms with Crippen LogP contribution in [0.2, 0.25) is 0 Å². The molecular weight excluding hydrogens is 268 g/mol. The maximum Gasteiger partial charge on any atom is 0.322 e. The average molecular weight is 282 g/mol. The first-order valence-corrected chi connectivity index (χ1v) is 5.65. The van der Waals surface area contributed by atoms with Gasteiger partial charge in [0.2, 0.25) is 5.91 Å². The zero-order chi connectivity index (χ0) is 15.0. The first-order chi connectivity index (χ1) is 9.49. The van der Waals surface area contributed by atoms with Gasteiger partial charge in [0.1, 0.15) is 6.54 Å². The van der Waals surface area contributed by atoms with E-state index in [1.807, 2.05) is 0 Å². The second-order valence-corrected chi connectivity index (χ2v) is 3.70. The highest BCUT2D eigenvalue weighted by molar-refractivity contribution is 5.87. The molecule has 8 nitrogen and oxygen atoms in total. The van der Waals surface area contributed by atoms with Crippen molar-refractivity contribution in [3.63, 3.8) is 0 Å². The Morgan fingerprint density at radius 3 is 2.35 bits per heavy atom. The average Bonchev–Trinajstić information content (AvgIpc) is 2.42. The molecule has 0 aliphatic carbocycles. The third-order valence-electron chi connectivity index (χ3n) is 2.11. The van der Waals surface area contributed by atoms with Gasteiger partial charge in [0.15, 0.2) is 18.1 Å². The summed E-state index contributed by atoms with van der Waals surface area (Å²) < 4.78 is 5.04. The third-order valence-corrected chi connectivity index (χ3v) is 2.11. The number of para-hydroxylation sites is 2. The van der Waals surface area contributed by atoms with Gasteiger partial charge in [0, 0.05) is 0 Å². The summed E-state index contributed by atoms with van der Waals surface area (Å²) in [4.78, 5) is 32.7. The Bertz CT molecular complexity index is 502. The van der Waals surface area contributed by atoms with Gasteiger partial charge in [-0.2, -0.15) is 0 Å². The SMILES string of the molecule is O=C(O)CNC(=O)CNC(=O)COc1ccccc1O. The summed E-state index contributed by atoms with van der Waals surface area (Å²) in [7, 11) is 0. The quantitative estimate of drug-likeness (QED) is 0.513. The minimum Gasteiger partial charge on any atom is -0.504 e. The lowest BCUT2D eigenvalue weighted by molar-refractivity contribution is -0.137. The van der Waals surface area contributed by atoms with E-state index in [-0.39, 0.29) is 24.7 Å². The fourth-order valence-electron chi connectivity index (χ4n) is 1.19. The number of ether oxygens (including phenoxy) is 1. The molecule has 0 saturated heterocycles. The zero-order valence-electron chi connectivity index (χ0n) is 10.5. The lowest BCUT2D eigenvalue weighted by Gasteiger charge is -2.08. The molecule has 0 heterocycles. The molecule has 0 unspecified atom stereocenters. The summed E-state index contributed by atoms with van der Waals surface area (Å²) in [5.74, 6) is -2.31. The number of aliphatic carboxylic acids is 1. The Labute approximate surface area is 114 Å². The number of phenols is 1. The molecule has 0 fully saturated rings. The van der Waals surface area contributed by atoms with Gasteiger partial charge in [-0.1, -0.05) is 12.1 Å². The van der Waals surface area contributed by atoms with Crippen LogP contribution in [0.3, 0.4) is 0 Å². The van der Waals surface area contributed by atoms with Gasteiger partial charge in [-0.25, -0.2) is 0 Å². The minimum atomic E-state index is -1.17. The van der Waals surface area contributed by atoms with Gasteiger partial charge in [-0.3, -0.25) is 14.4 Å². The van der Waals surface area contributed by atoms with Crippen molar-refractivity contribution in [1.82, 2.24) is 10.6 Å². The Morgan fingerprint density at radius 1 is 1.05 bits per heavy atom. The van der Waals surface area contributed by atoms with Crippen molar-refractivity contribution >= 4 is 17.8 Å². The second kappa shape index (κ2) is 7.62. The van der Waals surface area contributed by atoms with Crippen LogP contribution in [0.1, 0.15) is 0 Å². The number of hydrogen-bond donors (Lipinski definition) is 4. The van der Waals surface area contributed by atoms with Crippen LogP contribution in [0.4, 0.5) is 0 Å². The molecule has 0 spiro atoms. The zero-order valence-corrected chi connectivity index (χ0v) is 10.5. The van der Waals surface area contributed by atoms with E-state index < -0.39 is 24.3 Å². The molecule has 0 aromatic heterocycles. The molecule has 20 heavy (non-hydrogen) atoms. The topological polar surface area (TPSA) is 125 Å². The Morgan fingerprint density at radius 2 is 1.70 bits per heavy atom. The van der Waals surface area contributed by atoms with E-state index in [1.165, 1.54) is 12.1 Å². The van der Waals surface area contributed by atoms with Gasteiger partial charge in [-0.05, 0) is 12.1 Å². The fraction of sp³-hybridized carbons (Fsp3) is 0.250. The van der Waals surface area contributed by atoms with Crippen molar-refractivity contribution in [3.05, 3.63) is 24.3 Å². The molecular formula is C12H14N2O6. The molecule has 108 valence electrons. The smallest absolute Gasteiger partial charge is 0.322 e. The molecule has 0 atom stereocenters. The van der Waals surface area contributed by atoms with Crippen LogP contribution >= 0.6 is 0 Å². The molecule has 2 amide bonds. The predicted molar refractivity (Wildman–Crippen MR) is 67.3 cm³/mol. The first kappa shape index (κ1) is 15.3. The molecule has 1 aromatic rings. The highest BCUT2D eigenvalue weighted by atomic mass is 16.5. The predicted octanol–water partition coefficient (Wildman–Crippen LogP) is -0.912. The van der Waals surface area contributed by atoms with Crippen LogP contribution in [0.15, 0.2) is 24.3 Å². The number of carbonyl (C=O) groups is 3. The number of aromatic hydroxyl groups is 1. The number of carboxylic acids is 1. The number of hydrogen-bond acceptors (Lipinski definition) is 5. The summed E-state index contributed by atoms with van der Waals surface area (Å²) >= 11 is 0. The maximum absolute atomic E-state index is 11.4. The van der Waals surface area contributed by atoms with Crippen LogP contribution < -0.4 is 15.4 Å². The lowest BCUT2D eigenvalue weighted by Crippen LogP contribution is -2.40. The van der Waals surface area contributed by atoms with Crippen molar-refractivity contribution in [1.29, 1.82) is 0 Å². The van der Waals surface area contributed by atoms with E-state index >= 15 is 0 Å². The fourth-order valence-corrected chi connectivity index (χ4v) is 1.19. The highest BCUT2D eigenvalue weighted by Gasteiger charge is 2.08. The van der Waals surface area contributed by atoms with E-state index in [1.54, 1.807) is 12.1 Å². The Balaban J connectivity index is 2.25. The van der Waals surface area contributed by atoms with Crippen molar-refractivity contribution in [2.45, 2.75) is 0 Å². The number of carboxylic acid groups (broad SMARTS) is 1. The normalized spacial score (nSPS) is 9.60. The first-order valence-electron chi connectivity index (χ1n) is 5.65. The van der Waals surface area contributed by atoms with Crippen LogP contribution in [0.25, 0.3) is 0 Å². The summed E-state index contributed by atoms with van der Waals surface area (Å²) in [5.41, 5.74) is 0. The van der Waals surface area contributed by atoms with Crippen LogP contribution in [-0.2, 0) is 14.4 Å². The van der Waals surface area contributed by atoms with E-state index in [0.717, 1.165) is 0 Å². The monoisotopic (exact) mass is 282 g/mol. The van der Waals surface area contributed by atoms with Gasteiger partial charge in [0.05, 0.1) is 6.54 Å². The number of nitrogens with one attached hydrogen (secondary N) is 2. The third kappa shape index (κ3) is 5.71. The van der Waals surface area contributed by atoms with Crippen LogP contribution in [0.5, 0.6) is 11.5 Å². The largest absolute Gasteiger partial charge is 0.504 e. The Kier molecular flexibility index (Phi) is 5.82. The maximum atomic E-state index is 11.4.